The highest BCUT2D eigenvalue weighted by Gasteiger charge is 2.26. The van der Waals surface area contributed by atoms with Gasteiger partial charge in [-0.3, -0.25) is 14.4 Å². The van der Waals surface area contributed by atoms with Crippen molar-refractivity contribution in [2.45, 2.75) is 69.6 Å². The first-order valence-electron chi connectivity index (χ1n) is 12.2. The number of H-pyrrole nitrogens is 1. The predicted octanol–water partition coefficient (Wildman–Crippen LogP) is 0.826. The molecule has 2 aliphatic carbocycles. The highest BCUT2D eigenvalue weighted by Crippen LogP contribution is 2.30. The van der Waals surface area contributed by atoms with Gasteiger partial charge in [-0.15, -0.1) is 5.10 Å². The molecule has 36 heavy (non-hydrogen) atoms. The summed E-state index contributed by atoms with van der Waals surface area (Å²) in [6.45, 7) is 1.68. The van der Waals surface area contributed by atoms with E-state index in [1.54, 1.807) is 6.92 Å². The van der Waals surface area contributed by atoms with Gasteiger partial charge in [0.2, 0.25) is 5.91 Å². The van der Waals surface area contributed by atoms with Crippen LogP contribution in [-0.2, 0) is 4.79 Å². The van der Waals surface area contributed by atoms with Gasteiger partial charge in [-0.2, -0.15) is 0 Å². The van der Waals surface area contributed by atoms with Crippen molar-refractivity contribution in [1.82, 2.24) is 29.9 Å². The fourth-order valence-corrected chi connectivity index (χ4v) is 4.29. The summed E-state index contributed by atoms with van der Waals surface area (Å²) < 4.78 is 1.50. The number of aromatic nitrogens is 5. The molecule has 2 fully saturated rings. The third-order valence-electron chi connectivity index (χ3n) is 6.40. The van der Waals surface area contributed by atoms with E-state index in [-0.39, 0.29) is 35.1 Å². The second-order valence-corrected chi connectivity index (χ2v) is 9.48. The fraction of sp³-hybridized carbons (Fsp3) is 0.478. The molecule has 7 N–H and O–H groups in total. The molecule has 13 heteroatoms. The Morgan fingerprint density at radius 2 is 1.72 bits per heavy atom. The standard InChI is InChI=1S/C23H30N10O3/c1-12(24)22(35)30-15-6-4-14(5-7-15)29-19-8-16(28-13-2-3-13)21-25-10-17(33(21)32-19)23(36)31-18-9-20(34)27-11-26-18/h8-15,28H,2-7,24H2,1H3,(H,29,32)(H,30,35)(H2,26,27,31,34,36)/t12-,14?,15?/m1/s1. The summed E-state index contributed by atoms with van der Waals surface area (Å²) in [5.74, 6) is 0.149. The number of fused-ring (bicyclic) bond motifs is 1. The quantitative estimate of drug-likeness (QED) is 0.264. The molecule has 2 saturated carbocycles. The first-order valence-corrected chi connectivity index (χ1v) is 12.2. The van der Waals surface area contributed by atoms with E-state index < -0.39 is 11.9 Å². The van der Waals surface area contributed by atoms with Gasteiger partial charge in [-0.05, 0) is 45.4 Å². The van der Waals surface area contributed by atoms with Crippen molar-refractivity contribution < 1.29 is 9.59 Å². The van der Waals surface area contributed by atoms with E-state index in [4.69, 9.17) is 5.73 Å². The summed E-state index contributed by atoms with van der Waals surface area (Å²) in [6.07, 6.45) is 8.25. The number of anilines is 3. The smallest absolute Gasteiger partial charge is 0.277 e. The van der Waals surface area contributed by atoms with Gasteiger partial charge < -0.3 is 32.0 Å². The second kappa shape index (κ2) is 9.93. The molecule has 0 aromatic carbocycles. The first kappa shape index (κ1) is 23.7. The van der Waals surface area contributed by atoms with E-state index in [1.807, 2.05) is 6.07 Å². The van der Waals surface area contributed by atoms with Crippen molar-refractivity contribution in [3.05, 3.63) is 40.7 Å². The van der Waals surface area contributed by atoms with Crippen molar-refractivity contribution >= 4 is 34.8 Å². The van der Waals surface area contributed by atoms with Crippen LogP contribution >= 0.6 is 0 Å². The molecule has 0 aliphatic heterocycles. The van der Waals surface area contributed by atoms with Crippen LogP contribution in [0.5, 0.6) is 0 Å². The van der Waals surface area contributed by atoms with Gasteiger partial charge in [-0.1, -0.05) is 0 Å². The van der Waals surface area contributed by atoms with Gasteiger partial charge in [0.1, 0.15) is 11.6 Å². The van der Waals surface area contributed by atoms with E-state index >= 15 is 0 Å². The van der Waals surface area contributed by atoms with Crippen LogP contribution in [0.2, 0.25) is 0 Å². The average molecular weight is 495 g/mol. The zero-order valence-corrected chi connectivity index (χ0v) is 20.0. The zero-order valence-electron chi connectivity index (χ0n) is 20.0. The van der Waals surface area contributed by atoms with E-state index in [2.05, 4.69) is 41.3 Å². The van der Waals surface area contributed by atoms with Crippen molar-refractivity contribution in [2.75, 3.05) is 16.0 Å². The minimum absolute atomic E-state index is 0.117. The highest BCUT2D eigenvalue weighted by atomic mass is 16.2. The third-order valence-corrected chi connectivity index (χ3v) is 6.40. The molecule has 2 amide bonds. The van der Waals surface area contributed by atoms with Gasteiger partial charge >= 0.3 is 0 Å². The van der Waals surface area contributed by atoms with Crippen LogP contribution in [0.15, 0.2) is 29.5 Å². The maximum Gasteiger partial charge on any atom is 0.277 e. The van der Waals surface area contributed by atoms with E-state index in [1.165, 1.54) is 23.1 Å². The van der Waals surface area contributed by atoms with Crippen molar-refractivity contribution in [1.29, 1.82) is 0 Å². The maximum atomic E-state index is 13.0. The molecule has 0 bridgehead atoms. The van der Waals surface area contributed by atoms with Gasteiger partial charge in [0.25, 0.3) is 11.5 Å². The molecule has 0 spiro atoms. The fourth-order valence-electron chi connectivity index (χ4n) is 4.29. The van der Waals surface area contributed by atoms with Crippen LogP contribution < -0.4 is 32.6 Å². The molecule has 3 aromatic rings. The lowest BCUT2D eigenvalue weighted by atomic mass is 9.91. The number of hydrogen-bond acceptors (Lipinski definition) is 9. The van der Waals surface area contributed by atoms with Crippen molar-refractivity contribution in [3.63, 3.8) is 0 Å². The Morgan fingerprint density at radius 3 is 2.42 bits per heavy atom. The van der Waals surface area contributed by atoms with Crippen LogP contribution in [0.3, 0.4) is 0 Å². The SMILES string of the molecule is C[C@@H](N)C(=O)NC1CCC(Nc2cc(NC3CC3)c3ncc(C(=O)Nc4cc(=O)[nH]cn4)n3n2)CC1. The number of carbonyl (C=O) groups excluding carboxylic acids is 2. The number of aromatic amines is 1. The summed E-state index contributed by atoms with van der Waals surface area (Å²) in [6, 6.07) is 3.27. The minimum Gasteiger partial charge on any atom is -0.379 e. The van der Waals surface area contributed by atoms with Crippen LogP contribution in [0.25, 0.3) is 5.65 Å². The molecule has 0 saturated heterocycles. The minimum atomic E-state index is -0.519. The Hall–Kier alpha value is -4.00. The number of nitrogens with zero attached hydrogens (tertiary/aromatic N) is 4. The van der Waals surface area contributed by atoms with Crippen LogP contribution in [0.4, 0.5) is 17.3 Å². The normalized spacial score (nSPS) is 20.5. The largest absolute Gasteiger partial charge is 0.379 e. The van der Waals surface area contributed by atoms with E-state index in [0.717, 1.165) is 44.2 Å². The molecule has 3 aromatic heterocycles. The number of carbonyl (C=O) groups is 2. The highest BCUT2D eigenvalue weighted by molar-refractivity contribution is 6.03. The Morgan fingerprint density at radius 1 is 1.03 bits per heavy atom. The van der Waals surface area contributed by atoms with Crippen LogP contribution in [-0.4, -0.2) is 60.5 Å². The lowest BCUT2D eigenvalue weighted by Crippen LogP contribution is -2.46. The van der Waals surface area contributed by atoms with Gasteiger partial charge in [0.05, 0.1) is 24.3 Å². The lowest BCUT2D eigenvalue weighted by molar-refractivity contribution is -0.122. The molecule has 5 rings (SSSR count). The summed E-state index contributed by atoms with van der Waals surface area (Å²) in [5, 5.41) is 17.2. The number of amides is 2. The Balaban J connectivity index is 1.34. The molecular weight excluding hydrogens is 464 g/mol. The number of nitrogens with two attached hydrogens (primary N) is 1. The summed E-state index contributed by atoms with van der Waals surface area (Å²) in [7, 11) is 0. The maximum absolute atomic E-state index is 13.0. The van der Waals surface area contributed by atoms with E-state index in [0.29, 0.717) is 17.5 Å². The molecule has 3 heterocycles. The predicted molar refractivity (Wildman–Crippen MR) is 134 cm³/mol. The van der Waals surface area contributed by atoms with E-state index in [9.17, 15) is 14.4 Å². The Kier molecular flexibility index (Phi) is 6.55. The summed E-state index contributed by atoms with van der Waals surface area (Å²) in [5.41, 5.74) is 6.85. The topological polar surface area (TPSA) is 184 Å². The first-order chi connectivity index (χ1) is 17.4. The Bertz CT molecular complexity index is 1320. The van der Waals surface area contributed by atoms with Crippen molar-refractivity contribution in [3.8, 4) is 0 Å². The van der Waals surface area contributed by atoms with Crippen LogP contribution in [0, 0.1) is 0 Å². The molecule has 1 atom stereocenters. The van der Waals surface area contributed by atoms with Gasteiger partial charge in [0.15, 0.2) is 11.3 Å². The second-order valence-electron chi connectivity index (χ2n) is 9.48. The summed E-state index contributed by atoms with van der Waals surface area (Å²) >= 11 is 0. The molecule has 0 unspecified atom stereocenters. The van der Waals surface area contributed by atoms with Gasteiger partial charge in [-0.25, -0.2) is 14.5 Å². The monoisotopic (exact) mass is 494 g/mol. The zero-order chi connectivity index (χ0) is 25.2. The third kappa shape index (κ3) is 5.46. The molecule has 13 nitrogen and oxygen atoms in total. The average Bonchev–Trinajstić information content (AvgIpc) is 3.55. The molecule has 190 valence electrons. The number of imidazole rings is 1. The Labute approximate surface area is 206 Å². The number of rotatable bonds is 8. The molecule has 0 radical (unpaired) electrons. The summed E-state index contributed by atoms with van der Waals surface area (Å²) in [4.78, 5) is 47.2. The lowest BCUT2D eigenvalue weighted by Gasteiger charge is -2.30. The van der Waals surface area contributed by atoms with Crippen LogP contribution in [0.1, 0.15) is 55.9 Å². The van der Waals surface area contributed by atoms with Gasteiger partial charge in [0, 0.05) is 30.3 Å². The molecular formula is C23H30N10O3. The number of hydrogen-bond donors (Lipinski definition) is 6. The molecule has 2 aliphatic rings. The number of nitrogens with one attached hydrogen (secondary N) is 5. The van der Waals surface area contributed by atoms with Crippen molar-refractivity contribution in [2.24, 2.45) is 5.73 Å².